The minimum absolute atomic E-state index is 0.0806. The summed E-state index contributed by atoms with van der Waals surface area (Å²) in [6.07, 6.45) is 0. The molecular weight excluding hydrogens is 496 g/mol. The first-order chi connectivity index (χ1) is 19.4. The van der Waals surface area contributed by atoms with Crippen LogP contribution in [0.5, 0.6) is 0 Å². The zero-order valence-electron chi connectivity index (χ0n) is 23.6. The van der Waals surface area contributed by atoms with E-state index in [0.717, 1.165) is 54.2 Å². The van der Waals surface area contributed by atoms with Gasteiger partial charge < -0.3 is 14.7 Å². The minimum Gasteiger partial charge on any atom is -0.368 e. The predicted molar refractivity (Wildman–Crippen MR) is 159 cm³/mol. The number of rotatable bonds is 5. The predicted octanol–water partition coefficient (Wildman–Crippen LogP) is 4.89. The van der Waals surface area contributed by atoms with Crippen molar-refractivity contribution >= 4 is 17.3 Å². The summed E-state index contributed by atoms with van der Waals surface area (Å²) in [6, 6.07) is 24.5. The van der Waals surface area contributed by atoms with E-state index in [1.165, 1.54) is 11.1 Å². The zero-order chi connectivity index (χ0) is 28.2. The highest BCUT2D eigenvalue weighted by atomic mass is 16.2. The van der Waals surface area contributed by atoms with Gasteiger partial charge >= 0.3 is 0 Å². The van der Waals surface area contributed by atoms with Crippen LogP contribution in [0.15, 0.2) is 60.7 Å². The average molecular weight is 533 g/mol. The van der Waals surface area contributed by atoms with Crippen molar-refractivity contribution in [2.45, 2.75) is 26.8 Å². The Labute approximate surface area is 237 Å². The maximum atomic E-state index is 13.7. The van der Waals surface area contributed by atoms with E-state index < -0.39 is 0 Å². The first kappa shape index (κ1) is 27.2. The summed E-state index contributed by atoms with van der Waals surface area (Å²) in [5.41, 5.74) is 7.53. The van der Waals surface area contributed by atoms with Gasteiger partial charge in [-0.15, -0.1) is 0 Å². The Bertz CT molecular complexity index is 1470. The third-order valence-corrected chi connectivity index (χ3v) is 8.45. The smallest absolute Gasteiger partial charge is 0.254 e. The van der Waals surface area contributed by atoms with Crippen molar-refractivity contribution in [3.63, 3.8) is 0 Å². The molecule has 1 atom stereocenters. The molecule has 40 heavy (non-hydrogen) atoms. The summed E-state index contributed by atoms with van der Waals surface area (Å²) in [4.78, 5) is 22.6. The second kappa shape index (κ2) is 11.8. The highest BCUT2D eigenvalue weighted by molar-refractivity contribution is 5.96. The Balaban J connectivity index is 1.26. The molecule has 2 heterocycles. The fourth-order valence-electron chi connectivity index (χ4n) is 6.10. The maximum absolute atomic E-state index is 13.7. The molecule has 0 aliphatic carbocycles. The second-order valence-corrected chi connectivity index (χ2v) is 10.8. The molecule has 0 saturated carbocycles. The van der Waals surface area contributed by atoms with Crippen LogP contribution in [-0.2, 0) is 0 Å². The van der Waals surface area contributed by atoms with Crippen LogP contribution < -0.4 is 9.80 Å². The van der Waals surface area contributed by atoms with Crippen LogP contribution in [0.25, 0.3) is 0 Å². The summed E-state index contributed by atoms with van der Waals surface area (Å²) in [5, 5.41) is 19.0. The molecular formula is C33H36N6O. The van der Waals surface area contributed by atoms with Crippen molar-refractivity contribution in [3.8, 4) is 12.1 Å². The SMILES string of the molecule is Cc1cc(C)c([C@H](C)N2CCN(c3ccccc3C#N)CC2)cc1C(=O)N1CCN(c2ccccc2C#N)CC1. The van der Waals surface area contributed by atoms with Gasteiger partial charge in [0.2, 0.25) is 0 Å². The van der Waals surface area contributed by atoms with Gasteiger partial charge in [-0.25, -0.2) is 0 Å². The molecule has 0 N–H and O–H groups in total. The van der Waals surface area contributed by atoms with E-state index in [-0.39, 0.29) is 11.9 Å². The van der Waals surface area contributed by atoms with E-state index in [0.29, 0.717) is 31.7 Å². The van der Waals surface area contributed by atoms with Crippen molar-refractivity contribution in [3.05, 3.63) is 94.0 Å². The number of hydrogen-bond donors (Lipinski definition) is 0. The number of nitrogens with zero attached hydrogens (tertiary/aromatic N) is 6. The lowest BCUT2D eigenvalue weighted by molar-refractivity contribution is 0.0745. The van der Waals surface area contributed by atoms with Crippen LogP contribution in [0, 0.1) is 36.5 Å². The van der Waals surface area contributed by atoms with Gasteiger partial charge in [-0.3, -0.25) is 9.69 Å². The van der Waals surface area contributed by atoms with Crippen LogP contribution in [0.3, 0.4) is 0 Å². The van der Waals surface area contributed by atoms with Crippen molar-refractivity contribution in [1.29, 1.82) is 10.5 Å². The number of hydrogen-bond acceptors (Lipinski definition) is 6. The number of aryl methyl sites for hydroxylation is 2. The van der Waals surface area contributed by atoms with Gasteiger partial charge in [0.25, 0.3) is 5.91 Å². The summed E-state index contributed by atoms with van der Waals surface area (Å²) in [6.45, 7) is 12.6. The number of piperazine rings is 2. The lowest BCUT2D eigenvalue weighted by atomic mass is 9.94. The standard InChI is InChI=1S/C33H36N6O/c1-24-20-25(2)30(33(40)39-18-16-38(17-19-39)32-11-7-5-9-28(32)23-35)21-29(24)26(3)36-12-14-37(15-13-36)31-10-6-4-8-27(31)22-34/h4-11,20-21,26H,12-19H2,1-3H3/t26-/m0/s1. The third-order valence-electron chi connectivity index (χ3n) is 8.45. The fraction of sp³-hybridized carbons (Fsp3) is 0.364. The molecule has 0 bridgehead atoms. The lowest BCUT2D eigenvalue weighted by Crippen LogP contribution is -2.49. The van der Waals surface area contributed by atoms with Crippen LogP contribution in [0.4, 0.5) is 11.4 Å². The Morgan fingerprint density at radius 1 is 0.725 bits per heavy atom. The van der Waals surface area contributed by atoms with Crippen molar-refractivity contribution in [2.24, 2.45) is 0 Å². The second-order valence-electron chi connectivity index (χ2n) is 10.8. The quantitative estimate of drug-likeness (QED) is 0.466. The minimum atomic E-state index is 0.0806. The van der Waals surface area contributed by atoms with Crippen LogP contribution in [-0.4, -0.2) is 68.1 Å². The Morgan fingerprint density at radius 3 is 1.75 bits per heavy atom. The van der Waals surface area contributed by atoms with Gasteiger partial charge in [0.15, 0.2) is 0 Å². The largest absolute Gasteiger partial charge is 0.368 e. The van der Waals surface area contributed by atoms with E-state index in [1.807, 2.05) is 60.4 Å². The van der Waals surface area contributed by atoms with Gasteiger partial charge in [0.1, 0.15) is 12.1 Å². The number of carbonyl (C=O) groups is 1. The zero-order valence-corrected chi connectivity index (χ0v) is 23.6. The molecule has 2 aliphatic rings. The van der Waals surface area contributed by atoms with Gasteiger partial charge in [0, 0.05) is 64.0 Å². The molecule has 1 amide bonds. The summed E-state index contributed by atoms with van der Waals surface area (Å²) in [5.74, 6) is 0.0806. The molecule has 5 rings (SSSR count). The van der Waals surface area contributed by atoms with Crippen LogP contribution in [0.2, 0.25) is 0 Å². The molecule has 7 heteroatoms. The normalized spacial score (nSPS) is 16.8. The van der Waals surface area contributed by atoms with Gasteiger partial charge in [-0.05, 0) is 67.8 Å². The van der Waals surface area contributed by atoms with E-state index in [9.17, 15) is 15.3 Å². The van der Waals surface area contributed by atoms with E-state index >= 15 is 0 Å². The number of amides is 1. The van der Waals surface area contributed by atoms with Crippen molar-refractivity contribution in [1.82, 2.24) is 9.80 Å². The number of benzene rings is 3. The first-order valence-electron chi connectivity index (χ1n) is 14.0. The molecule has 0 spiro atoms. The summed E-state index contributed by atoms with van der Waals surface area (Å²) in [7, 11) is 0. The van der Waals surface area contributed by atoms with Crippen LogP contribution in [0.1, 0.15) is 51.1 Å². The van der Waals surface area contributed by atoms with Crippen LogP contribution >= 0.6 is 0 Å². The number of anilines is 2. The Kier molecular flexibility index (Phi) is 8.05. The van der Waals surface area contributed by atoms with E-state index in [1.54, 1.807) is 0 Å². The lowest BCUT2D eigenvalue weighted by Gasteiger charge is -2.40. The first-order valence-corrected chi connectivity index (χ1v) is 14.0. The monoisotopic (exact) mass is 532 g/mol. The Morgan fingerprint density at radius 2 is 1.23 bits per heavy atom. The maximum Gasteiger partial charge on any atom is 0.254 e. The molecule has 3 aromatic rings. The Hall–Kier alpha value is -4.33. The van der Waals surface area contributed by atoms with Gasteiger partial charge in [-0.2, -0.15) is 10.5 Å². The molecule has 2 aliphatic heterocycles. The summed E-state index contributed by atoms with van der Waals surface area (Å²) < 4.78 is 0. The molecule has 7 nitrogen and oxygen atoms in total. The fourth-order valence-corrected chi connectivity index (χ4v) is 6.10. The van der Waals surface area contributed by atoms with Crippen molar-refractivity contribution < 1.29 is 4.79 Å². The number of nitriles is 2. The molecule has 0 unspecified atom stereocenters. The third kappa shape index (κ3) is 5.39. The molecule has 204 valence electrons. The van der Waals surface area contributed by atoms with Gasteiger partial charge in [0.05, 0.1) is 22.5 Å². The van der Waals surface area contributed by atoms with Crippen molar-refractivity contribution in [2.75, 3.05) is 62.2 Å². The molecule has 2 saturated heterocycles. The van der Waals surface area contributed by atoms with E-state index in [2.05, 4.69) is 52.8 Å². The number of para-hydroxylation sites is 2. The topological polar surface area (TPSA) is 77.6 Å². The van der Waals surface area contributed by atoms with E-state index in [4.69, 9.17) is 0 Å². The molecule has 2 fully saturated rings. The average Bonchev–Trinajstić information content (AvgIpc) is 3.00. The molecule has 0 aromatic heterocycles. The number of carbonyl (C=O) groups excluding carboxylic acids is 1. The molecule has 0 radical (unpaired) electrons. The van der Waals surface area contributed by atoms with Gasteiger partial charge in [-0.1, -0.05) is 30.3 Å². The highest BCUT2D eigenvalue weighted by Crippen LogP contribution is 2.30. The molecule has 3 aromatic carbocycles. The summed E-state index contributed by atoms with van der Waals surface area (Å²) >= 11 is 0. The highest BCUT2D eigenvalue weighted by Gasteiger charge is 2.28.